The molecular formula is C32H30BrN3O3. The fraction of sp³-hybridized carbons (Fsp3) is 0.281. The van der Waals surface area contributed by atoms with E-state index in [1.54, 1.807) is 0 Å². The van der Waals surface area contributed by atoms with Gasteiger partial charge in [0.2, 0.25) is 0 Å². The maximum atomic E-state index is 12.8. The van der Waals surface area contributed by atoms with Crippen LogP contribution in [0.25, 0.3) is 21.9 Å². The Hall–Kier alpha value is -3.71. The Bertz CT molecular complexity index is 1680. The number of halogens is 1. The topological polar surface area (TPSA) is 66.2 Å². The number of ether oxygens (including phenoxy) is 2. The fourth-order valence-corrected chi connectivity index (χ4v) is 5.80. The van der Waals surface area contributed by atoms with Crippen molar-refractivity contribution in [3.8, 4) is 5.75 Å². The van der Waals surface area contributed by atoms with E-state index in [4.69, 9.17) is 19.4 Å². The molecule has 2 atom stereocenters. The summed E-state index contributed by atoms with van der Waals surface area (Å²) in [5.41, 5.74) is 4.60. The SMILES string of the molecule is CCOC(=O)[C@H]1C(c2nc3cc(OCc4ccc5ccccc5n4)ccc3n2Cc2ccc(Br)cc2)C1(C)C. The molecule has 198 valence electrons. The Morgan fingerprint density at radius 2 is 1.77 bits per heavy atom. The zero-order valence-electron chi connectivity index (χ0n) is 22.2. The second-order valence-electron chi connectivity index (χ2n) is 10.6. The highest BCUT2D eigenvalue weighted by molar-refractivity contribution is 9.10. The second-order valence-corrected chi connectivity index (χ2v) is 11.6. The van der Waals surface area contributed by atoms with Gasteiger partial charge in [-0.05, 0) is 54.3 Å². The summed E-state index contributed by atoms with van der Waals surface area (Å²) in [5.74, 6) is 1.25. The van der Waals surface area contributed by atoms with E-state index in [1.165, 1.54) is 0 Å². The molecule has 0 spiro atoms. The van der Waals surface area contributed by atoms with Gasteiger partial charge in [-0.15, -0.1) is 0 Å². The largest absolute Gasteiger partial charge is 0.487 e. The lowest BCUT2D eigenvalue weighted by Crippen LogP contribution is -2.11. The molecule has 39 heavy (non-hydrogen) atoms. The summed E-state index contributed by atoms with van der Waals surface area (Å²) in [6.07, 6.45) is 0. The van der Waals surface area contributed by atoms with Gasteiger partial charge in [-0.25, -0.2) is 9.97 Å². The number of nitrogens with zero attached hydrogens (tertiary/aromatic N) is 3. The normalized spacial score (nSPS) is 17.8. The number of para-hydroxylation sites is 1. The van der Waals surface area contributed by atoms with Gasteiger partial charge in [-0.2, -0.15) is 0 Å². The average molecular weight is 585 g/mol. The fourth-order valence-electron chi connectivity index (χ4n) is 5.53. The van der Waals surface area contributed by atoms with Crippen LogP contribution in [0.15, 0.2) is 83.3 Å². The number of carbonyl (C=O) groups is 1. The zero-order chi connectivity index (χ0) is 27.1. The molecule has 1 saturated carbocycles. The number of imidazole rings is 1. The monoisotopic (exact) mass is 583 g/mol. The minimum absolute atomic E-state index is 0.0226. The highest BCUT2D eigenvalue weighted by atomic mass is 79.9. The smallest absolute Gasteiger partial charge is 0.310 e. The molecular weight excluding hydrogens is 554 g/mol. The number of hydrogen-bond acceptors (Lipinski definition) is 5. The molecule has 0 N–H and O–H groups in total. The van der Waals surface area contributed by atoms with Crippen LogP contribution in [-0.4, -0.2) is 27.1 Å². The van der Waals surface area contributed by atoms with Crippen LogP contribution in [0.3, 0.4) is 0 Å². The number of rotatable bonds is 8. The maximum absolute atomic E-state index is 12.8. The molecule has 2 aromatic heterocycles. The molecule has 0 amide bonds. The van der Waals surface area contributed by atoms with Gasteiger partial charge in [0.05, 0.1) is 34.8 Å². The predicted octanol–water partition coefficient (Wildman–Crippen LogP) is 7.28. The van der Waals surface area contributed by atoms with Crippen LogP contribution in [0.2, 0.25) is 0 Å². The van der Waals surface area contributed by atoms with Crippen molar-refractivity contribution in [2.45, 2.75) is 39.8 Å². The summed E-state index contributed by atoms with van der Waals surface area (Å²) in [4.78, 5) is 22.6. The van der Waals surface area contributed by atoms with Crippen molar-refractivity contribution in [3.05, 3.63) is 100 Å². The van der Waals surface area contributed by atoms with Crippen LogP contribution in [0, 0.1) is 11.3 Å². The first-order valence-corrected chi connectivity index (χ1v) is 14.0. The number of benzene rings is 3. The predicted molar refractivity (Wildman–Crippen MR) is 156 cm³/mol. The van der Waals surface area contributed by atoms with Crippen LogP contribution >= 0.6 is 15.9 Å². The third-order valence-electron chi connectivity index (χ3n) is 7.69. The van der Waals surface area contributed by atoms with Gasteiger partial charge in [-0.3, -0.25) is 4.79 Å². The Kier molecular flexibility index (Phi) is 6.63. The quantitative estimate of drug-likeness (QED) is 0.180. The molecule has 1 fully saturated rings. The molecule has 7 heteroatoms. The average Bonchev–Trinajstić information content (AvgIpc) is 3.34. The molecule has 0 aliphatic heterocycles. The molecule has 3 aromatic carbocycles. The number of esters is 1. The number of hydrogen-bond donors (Lipinski definition) is 0. The van der Waals surface area contributed by atoms with Gasteiger partial charge >= 0.3 is 5.97 Å². The highest BCUT2D eigenvalue weighted by Crippen LogP contribution is 2.64. The lowest BCUT2D eigenvalue weighted by atomic mass is 10.1. The molecule has 6 nitrogen and oxygen atoms in total. The minimum atomic E-state index is -0.230. The first-order chi connectivity index (χ1) is 18.8. The van der Waals surface area contributed by atoms with Crippen molar-refractivity contribution in [1.29, 1.82) is 0 Å². The molecule has 0 saturated heterocycles. The van der Waals surface area contributed by atoms with E-state index >= 15 is 0 Å². The minimum Gasteiger partial charge on any atom is -0.487 e. The van der Waals surface area contributed by atoms with E-state index in [9.17, 15) is 4.79 Å². The Morgan fingerprint density at radius 3 is 2.56 bits per heavy atom. The van der Waals surface area contributed by atoms with E-state index in [-0.39, 0.29) is 23.2 Å². The lowest BCUT2D eigenvalue weighted by molar-refractivity contribution is -0.145. The van der Waals surface area contributed by atoms with Gasteiger partial charge in [0, 0.05) is 28.4 Å². The summed E-state index contributed by atoms with van der Waals surface area (Å²) in [5, 5.41) is 1.11. The van der Waals surface area contributed by atoms with Crippen molar-refractivity contribution >= 4 is 43.8 Å². The first-order valence-electron chi connectivity index (χ1n) is 13.2. The Morgan fingerprint density at radius 1 is 0.974 bits per heavy atom. The number of aromatic nitrogens is 3. The summed E-state index contributed by atoms with van der Waals surface area (Å²) >= 11 is 3.53. The molecule has 5 aromatic rings. The number of fused-ring (bicyclic) bond motifs is 2. The molecule has 6 rings (SSSR count). The van der Waals surface area contributed by atoms with E-state index < -0.39 is 0 Å². The second kappa shape index (κ2) is 10.1. The summed E-state index contributed by atoms with van der Waals surface area (Å²) in [6, 6.07) is 26.4. The molecule has 1 aliphatic rings. The van der Waals surface area contributed by atoms with Gasteiger partial charge in [-0.1, -0.05) is 66.2 Å². The van der Waals surface area contributed by atoms with E-state index in [0.717, 1.165) is 49.2 Å². The van der Waals surface area contributed by atoms with Crippen LogP contribution in [0.5, 0.6) is 5.75 Å². The molecule has 0 radical (unpaired) electrons. The number of pyridine rings is 1. The van der Waals surface area contributed by atoms with Crippen molar-refractivity contribution < 1.29 is 14.3 Å². The van der Waals surface area contributed by atoms with Crippen molar-refractivity contribution in [2.75, 3.05) is 6.61 Å². The van der Waals surface area contributed by atoms with Crippen LogP contribution in [0.4, 0.5) is 0 Å². The Balaban J connectivity index is 1.32. The van der Waals surface area contributed by atoms with E-state index in [0.29, 0.717) is 19.8 Å². The molecule has 1 unspecified atom stereocenters. The van der Waals surface area contributed by atoms with E-state index in [2.05, 4.69) is 64.7 Å². The summed E-state index contributed by atoms with van der Waals surface area (Å²) < 4.78 is 14.8. The van der Waals surface area contributed by atoms with Crippen molar-refractivity contribution in [2.24, 2.45) is 11.3 Å². The molecule has 1 aliphatic carbocycles. The maximum Gasteiger partial charge on any atom is 0.310 e. The van der Waals surface area contributed by atoms with Crippen molar-refractivity contribution in [3.63, 3.8) is 0 Å². The van der Waals surface area contributed by atoms with Crippen molar-refractivity contribution in [1.82, 2.24) is 14.5 Å². The third-order valence-corrected chi connectivity index (χ3v) is 8.22. The zero-order valence-corrected chi connectivity index (χ0v) is 23.8. The van der Waals surface area contributed by atoms with Gasteiger partial charge in [0.25, 0.3) is 0 Å². The molecule has 2 heterocycles. The highest BCUT2D eigenvalue weighted by Gasteiger charge is 2.65. The van der Waals surface area contributed by atoms with Gasteiger partial charge in [0.1, 0.15) is 18.2 Å². The van der Waals surface area contributed by atoms with Gasteiger partial charge < -0.3 is 14.0 Å². The standard InChI is InChI=1S/C32H30BrN3O3/c1-4-38-31(37)29-28(32(29,2)3)30-35-26-17-24(39-19-23-14-11-21-7-5-6-8-25(21)34-23)15-16-27(26)36(30)18-20-9-12-22(33)13-10-20/h5-17,28-29H,4,18-19H2,1-3H3/t28?,29-/m1/s1. The summed E-state index contributed by atoms with van der Waals surface area (Å²) in [6.45, 7) is 7.48. The first kappa shape index (κ1) is 25.6. The third kappa shape index (κ3) is 4.91. The lowest BCUT2D eigenvalue weighted by Gasteiger charge is -2.11. The van der Waals surface area contributed by atoms with Crippen LogP contribution < -0.4 is 4.74 Å². The Labute approximate surface area is 236 Å². The van der Waals surface area contributed by atoms with Crippen LogP contribution in [-0.2, 0) is 22.7 Å². The van der Waals surface area contributed by atoms with Crippen LogP contribution in [0.1, 0.15) is 43.8 Å². The number of carbonyl (C=O) groups excluding carboxylic acids is 1. The van der Waals surface area contributed by atoms with E-state index in [1.807, 2.05) is 55.5 Å². The molecule has 0 bridgehead atoms. The van der Waals surface area contributed by atoms with Gasteiger partial charge in [0.15, 0.2) is 0 Å². The summed E-state index contributed by atoms with van der Waals surface area (Å²) in [7, 11) is 0.